The highest BCUT2D eigenvalue weighted by Gasteiger charge is 2.06. The molecule has 0 fully saturated rings. The van der Waals surface area contributed by atoms with Crippen LogP contribution in [0.25, 0.3) is 5.65 Å². The minimum atomic E-state index is 0.255. The standard InChI is InChI=1S/C13H11ClN4O/c14-10-3-1-2-4-11(10)19-8-12-16-13-7-9(15)5-6-18(13)17-12/h1-7H,8,15H2. The largest absolute Gasteiger partial charge is 0.484 e. The van der Waals surface area contributed by atoms with Gasteiger partial charge in [-0.05, 0) is 18.2 Å². The number of hydrogen-bond acceptors (Lipinski definition) is 4. The zero-order valence-corrected chi connectivity index (χ0v) is 10.7. The third-order valence-electron chi connectivity index (χ3n) is 2.60. The molecule has 0 spiro atoms. The number of nitrogens with zero attached hydrogens (tertiary/aromatic N) is 3. The van der Waals surface area contributed by atoms with Gasteiger partial charge < -0.3 is 10.5 Å². The molecular formula is C13H11ClN4O. The first-order valence-corrected chi connectivity index (χ1v) is 6.08. The van der Waals surface area contributed by atoms with Crippen molar-refractivity contribution in [2.75, 3.05) is 5.73 Å². The van der Waals surface area contributed by atoms with E-state index in [4.69, 9.17) is 22.1 Å². The van der Waals surface area contributed by atoms with Crippen LogP contribution in [0.3, 0.4) is 0 Å². The average molecular weight is 275 g/mol. The molecule has 0 amide bonds. The Morgan fingerprint density at radius 3 is 2.95 bits per heavy atom. The number of aromatic nitrogens is 3. The predicted octanol–water partition coefficient (Wildman–Crippen LogP) is 2.54. The third-order valence-corrected chi connectivity index (χ3v) is 2.91. The first-order chi connectivity index (χ1) is 9.22. The van der Waals surface area contributed by atoms with Gasteiger partial charge in [-0.15, -0.1) is 5.10 Å². The van der Waals surface area contributed by atoms with Gasteiger partial charge in [0.05, 0.1) is 5.02 Å². The lowest BCUT2D eigenvalue weighted by Crippen LogP contribution is -1.98. The topological polar surface area (TPSA) is 65.4 Å². The highest BCUT2D eigenvalue weighted by Crippen LogP contribution is 2.23. The quantitative estimate of drug-likeness (QED) is 0.797. The van der Waals surface area contributed by atoms with Gasteiger partial charge in [0, 0.05) is 18.0 Å². The molecule has 6 heteroatoms. The molecule has 0 aliphatic carbocycles. The van der Waals surface area contributed by atoms with Crippen LogP contribution in [0.1, 0.15) is 5.82 Å². The molecule has 0 aliphatic rings. The fraction of sp³-hybridized carbons (Fsp3) is 0.0769. The van der Waals surface area contributed by atoms with Crippen molar-refractivity contribution in [1.29, 1.82) is 0 Å². The van der Waals surface area contributed by atoms with Crippen molar-refractivity contribution in [2.45, 2.75) is 6.61 Å². The van der Waals surface area contributed by atoms with Crippen LogP contribution in [0.5, 0.6) is 5.75 Å². The molecule has 0 unspecified atom stereocenters. The van der Waals surface area contributed by atoms with E-state index in [2.05, 4.69) is 10.1 Å². The zero-order chi connectivity index (χ0) is 13.2. The second-order valence-corrected chi connectivity index (χ2v) is 4.42. The van der Waals surface area contributed by atoms with Gasteiger partial charge in [-0.25, -0.2) is 9.50 Å². The smallest absolute Gasteiger partial charge is 0.189 e. The number of halogens is 1. The predicted molar refractivity (Wildman–Crippen MR) is 73.2 cm³/mol. The van der Waals surface area contributed by atoms with Crippen molar-refractivity contribution >= 4 is 22.9 Å². The van der Waals surface area contributed by atoms with Gasteiger partial charge >= 0.3 is 0 Å². The highest BCUT2D eigenvalue weighted by molar-refractivity contribution is 6.32. The van der Waals surface area contributed by atoms with E-state index in [1.807, 2.05) is 12.1 Å². The summed E-state index contributed by atoms with van der Waals surface area (Å²) >= 11 is 6.00. The van der Waals surface area contributed by atoms with E-state index in [9.17, 15) is 0 Å². The Morgan fingerprint density at radius 1 is 1.26 bits per heavy atom. The summed E-state index contributed by atoms with van der Waals surface area (Å²) in [7, 11) is 0. The molecule has 2 heterocycles. The Bertz CT molecular complexity index is 725. The minimum Gasteiger partial charge on any atom is -0.484 e. The molecule has 19 heavy (non-hydrogen) atoms. The fourth-order valence-electron chi connectivity index (χ4n) is 1.71. The van der Waals surface area contributed by atoms with Crippen LogP contribution in [0.2, 0.25) is 5.02 Å². The Balaban J connectivity index is 1.80. The number of hydrogen-bond donors (Lipinski definition) is 1. The summed E-state index contributed by atoms with van der Waals surface area (Å²) in [5, 5.41) is 4.85. The second-order valence-electron chi connectivity index (χ2n) is 4.01. The van der Waals surface area contributed by atoms with Crippen molar-refractivity contribution in [2.24, 2.45) is 0 Å². The van der Waals surface area contributed by atoms with E-state index in [1.54, 1.807) is 35.0 Å². The summed E-state index contributed by atoms with van der Waals surface area (Å²) in [6.07, 6.45) is 1.76. The maximum absolute atomic E-state index is 6.00. The van der Waals surface area contributed by atoms with Gasteiger partial charge in [0.15, 0.2) is 11.5 Å². The monoisotopic (exact) mass is 274 g/mol. The normalized spacial score (nSPS) is 10.8. The number of fused-ring (bicyclic) bond motifs is 1. The van der Waals surface area contributed by atoms with E-state index < -0.39 is 0 Å². The summed E-state index contributed by atoms with van der Waals surface area (Å²) in [4.78, 5) is 4.32. The van der Waals surface area contributed by atoms with Crippen molar-refractivity contribution in [3.05, 3.63) is 53.4 Å². The third kappa shape index (κ3) is 2.46. The molecule has 96 valence electrons. The van der Waals surface area contributed by atoms with E-state index in [-0.39, 0.29) is 6.61 Å². The lowest BCUT2D eigenvalue weighted by atomic mass is 10.3. The van der Waals surface area contributed by atoms with Crippen molar-refractivity contribution in [3.63, 3.8) is 0 Å². The maximum Gasteiger partial charge on any atom is 0.189 e. The fourth-order valence-corrected chi connectivity index (χ4v) is 1.90. The molecular weight excluding hydrogens is 264 g/mol. The summed E-state index contributed by atoms with van der Waals surface area (Å²) in [6.45, 7) is 0.255. The first-order valence-electron chi connectivity index (χ1n) is 5.70. The maximum atomic E-state index is 6.00. The molecule has 0 saturated carbocycles. The van der Waals surface area contributed by atoms with Gasteiger partial charge in [0.1, 0.15) is 12.4 Å². The van der Waals surface area contributed by atoms with Crippen LogP contribution >= 0.6 is 11.6 Å². The second kappa shape index (κ2) is 4.78. The number of anilines is 1. The number of nitrogen functional groups attached to an aromatic ring is 1. The lowest BCUT2D eigenvalue weighted by molar-refractivity contribution is 0.296. The van der Waals surface area contributed by atoms with E-state index in [0.717, 1.165) is 0 Å². The molecule has 3 rings (SSSR count). The molecule has 2 N–H and O–H groups in total. The van der Waals surface area contributed by atoms with Gasteiger partial charge in [0.2, 0.25) is 0 Å². The zero-order valence-electron chi connectivity index (χ0n) is 9.95. The Kier molecular flexibility index (Phi) is 2.97. The summed E-state index contributed by atoms with van der Waals surface area (Å²) in [5.41, 5.74) is 7.03. The van der Waals surface area contributed by atoms with Crippen LogP contribution in [0, 0.1) is 0 Å². The first kappa shape index (κ1) is 11.8. The molecule has 1 aromatic carbocycles. The summed E-state index contributed by atoms with van der Waals surface area (Å²) in [5.74, 6) is 1.19. The van der Waals surface area contributed by atoms with Crippen LogP contribution < -0.4 is 10.5 Å². The average Bonchev–Trinajstić information content (AvgIpc) is 2.79. The summed E-state index contributed by atoms with van der Waals surface area (Å²) in [6, 6.07) is 10.8. The van der Waals surface area contributed by atoms with E-state index in [1.165, 1.54) is 0 Å². The lowest BCUT2D eigenvalue weighted by Gasteiger charge is -2.04. The number of benzene rings is 1. The van der Waals surface area contributed by atoms with Crippen LogP contribution in [-0.2, 0) is 6.61 Å². The minimum absolute atomic E-state index is 0.255. The Morgan fingerprint density at radius 2 is 2.11 bits per heavy atom. The molecule has 0 aliphatic heterocycles. The number of rotatable bonds is 3. The molecule has 0 bridgehead atoms. The SMILES string of the molecule is Nc1ccn2nc(COc3ccccc3Cl)nc2c1. The van der Waals surface area contributed by atoms with Crippen LogP contribution in [-0.4, -0.2) is 14.6 Å². The van der Waals surface area contributed by atoms with Gasteiger partial charge in [-0.3, -0.25) is 0 Å². The van der Waals surface area contributed by atoms with Crippen molar-refractivity contribution in [3.8, 4) is 5.75 Å². The molecule has 0 radical (unpaired) electrons. The Labute approximate surface area is 114 Å². The van der Waals surface area contributed by atoms with E-state index in [0.29, 0.717) is 27.9 Å². The number of nitrogens with two attached hydrogens (primary N) is 1. The number of pyridine rings is 1. The van der Waals surface area contributed by atoms with Crippen molar-refractivity contribution < 1.29 is 4.74 Å². The highest BCUT2D eigenvalue weighted by atomic mass is 35.5. The summed E-state index contributed by atoms with van der Waals surface area (Å²) < 4.78 is 7.24. The van der Waals surface area contributed by atoms with Gasteiger partial charge in [0.25, 0.3) is 0 Å². The van der Waals surface area contributed by atoms with Gasteiger partial charge in [-0.1, -0.05) is 23.7 Å². The number of para-hydroxylation sites is 1. The Hall–Kier alpha value is -2.27. The molecule has 5 nitrogen and oxygen atoms in total. The molecule has 3 aromatic rings. The number of ether oxygens (including phenoxy) is 1. The van der Waals surface area contributed by atoms with Crippen LogP contribution in [0.15, 0.2) is 42.6 Å². The molecule has 0 atom stereocenters. The molecule has 0 saturated heterocycles. The van der Waals surface area contributed by atoms with Gasteiger partial charge in [-0.2, -0.15) is 0 Å². The van der Waals surface area contributed by atoms with E-state index >= 15 is 0 Å². The molecule has 2 aromatic heterocycles. The van der Waals surface area contributed by atoms with Crippen molar-refractivity contribution in [1.82, 2.24) is 14.6 Å². The van der Waals surface area contributed by atoms with Crippen LogP contribution in [0.4, 0.5) is 5.69 Å².